The van der Waals surface area contributed by atoms with E-state index < -0.39 is 0 Å². The Labute approximate surface area is 135 Å². The van der Waals surface area contributed by atoms with Gasteiger partial charge in [0.1, 0.15) is 0 Å². The molecular weight excluding hydrogens is 322 g/mol. The van der Waals surface area contributed by atoms with E-state index in [2.05, 4.69) is 77.6 Å². The highest BCUT2D eigenvalue weighted by Crippen LogP contribution is 2.30. The van der Waals surface area contributed by atoms with Gasteiger partial charge >= 0.3 is 0 Å². The summed E-state index contributed by atoms with van der Waals surface area (Å²) in [5.74, 6) is 0. The number of fused-ring (bicyclic) bond motifs is 1. The molecule has 0 saturated carbocycles. The van der Waals surface area contributed by atoms with Gasteiger partial charge in [0.15, 0.2) is 0 Å². The average molecular weight is 344 g/mol. The summed E-state index contributed by atoms with van der Waals surface area (Å²) in [5.41, 5.74) is 5.73. The molecule has 0 aromatic heterocycles. The summed E-state index contributed by atoms with van der Waals surface area (Å²) in [6.07, 6.45) is 3.51. The van der Waals surface area contributed by atoms with Crippen LogP contribution >= 0.6 is 15.9 Å². The van der Waals surface area contributed by atoms with Gasteiger partial charge in [0.05, 0.1) is 0 Å². The molecular formula is C19H22BrN. The van der Waals surface area contributed by atoms with Crippen LogP contribution in [0.3, 0.4) is 0 Å². The first kappa shape index (κ1) is 14.8. The second-order valence-corrected chi connectivity index (χ2v) is 6.98. The largest absolute Gasteiger partial charge is 0.307 e. The average Bonchev–Trinajstić information content (AvgIpc) is 2.47. The summed E-state index contributed by atoms with van der Waals surface area (Å²) in [5, 5.41) is 3.80. The fraction of sp³-hybridized carbons (Fsp3) is 0.368. The summed E-state index contributed by atoms with van der Waals surface area (Å²) in [6, 6.07) is 16.3. The predicted octanol–water partition coefficient (Wildman–Crippen LogP) is 4.97. The maximum atomic E-state index is 3.80. The molecule has 2 atom stereocenters. The topological polar surface area (TPSA) is 12.0 Å². The highest BCUT2D eigenvalue weighted by atomic mass is 79.9. The molecule has 0 heterocycles. The molecule has 0 radical (unpaired) electrons. The molecule has 110 valence electrons. The number of rotatable bonds is 3. The quantitative estimate of drug-likeness (QED) is 0.829. The zero-order valence-electron chi connectivity index (χ0n) is 12.7. The third kappa shape index (κ3) is 3.38. The number of hydrogen-bond acceptors (Lipinski definition) is 1. The van der Waals surface area contributed by atoms with E-state index in [0.29, 0.717) is 12.1 Å². The van der Waals surface area contributed by atoms with Gasteiger partial charge in [-0.1, -0.05) is 52.3 Å². The van der Waals surface area contributed by atoms with E-state index >= 15 is 0 Å². The minimum atomic E-state index is 0.408. The van der Waals surface area contributed by atoms with Gasteiger partial charge in [0, 0.05) is 16.6 Å². The molecule has 0 fully saturated rings. The first-order valence-corrected chi connectivity index (χ1v) is 8.51. The summed E-state index contributed by atoms with van der Waals surface area (Å²) in [7, 11) is 0. The van der Waals surface area contributed by atoms with Crippen molar-refractivity contribution in [1.82, 2.24) is 5.32 Å². The van der Waals surface area contributed by atoms with Crippen molar-refractivity contribution in [3.05, 3.63) is 69.2 Å². The van der Waals surface area contributed by atoms with E-state index in [1.165, 1.54) is 33.1 Å². The van der Waals surface area contributed by atoms with Gasteiger partial charge in [-0.25, -0.2) is 0 Å². The van der Waals surface area contributed by atoms with Crippen LogP contribution in [0.15, 0.2) is 46.9 Å². The Hall–Kier alpha value is -1.12. The number of hydrogen-bond donors (Lipinski definition) is 1. The lowest BCUT2D eigenvalue weighted by Gasteiger charge is -2.29. The van der Waals surface area contributed by atoms with Crippen molar-refractivity contribution >= 4 is 15.9 Å². The molecule has 2 aromatic carbocycles. The number of nitrogens with one attached hydrogen (secondary N) is 1. The van der Waals surface area contributed by atoms with E-state index in [0.717, 1.165) is 12.8 Å². The van der Waals surface area contributed by atoms with Crippen LogP contribution in [0.25, 0.3) is 0 Å². The van der Waals surface area contributed by atoms with Crippen molar-refractivity contribution in [2.75, 3.05) is 0 Å². The van der Waals surface area contributed by atoms with Gasteiger partial charge in [0.25, 0.3) is 0 Å². The molecule has 1 aliphatic rings. The fourth-order valence-corrected chi connectivity index (χ4v) is 4.14. The van der Waals surface area contributed by atoms with Crippen LogP contribution in [0.5, 0.6) is 0 Å². The molecule has 2 aromatic rings. The monoisotopic (exact) mass is 343 g/mol. The molecule has 2 heteroatoms. The second-order valence-electron chi connectivity index (χ2n) is 6.12. The zero-order valence-corrected chi connectivity index (χ0v) is 14.3. The van der Waals surface area contributed by atoms with Crippen LogP contribution in [0.4, 0.5) is 0 Å². The maximum Gasteiger partial charge on any atom is 0.0294 e. The predicted molar refractivity (Wildman–Crippen MR) is 92.7 cm³/mol. The number of halogens is 1. The fourth-order valence-electron chi connectivity index (χ4n) is 3.33. The molecule has 0 spiro atoms. The van der Waals surface area contributed by atoms with Gasteiger partial charge in [-0.3, -0.25) is 0 Å². The van der Waals surface area contributed by atoms with Crippen LogP contribution in [0.2, 0.25) is 0 Å². The summed E-state index contributed by atoms with van der Waals surface area (Å²) < 4.78 is 1.28. The molecule has 1 nitrogen and oxygen atoms in total. The van der Waals surface area contributed by atoms with E-state index in [-0.39, 0.29) is 0 Å². The van der Waals surface area contributed by atoms with Crippen LogP contribution in [-0.2, 0) is 12.8 Å². The summed E-state index contributed by atoms with van der Waals surface area (Å²) in [6.45, 7) is 4.44. The molecule has 0 saturated heterocycles. The first-order valence-electron chi connectivity index (χ1n) is 7.72. The van der Waals surface area contributed by atoms with Crippen molar-refractivity contribution in [3.8, 4) is 0 Å². The highest BCUT2D eigenvalue weighted by molar-refractivity contribution is 9.10. The van der Waals surface area contributed by atoms with E-state index in [4.69, 9.17) is 0 Å². The molecule has 0 aliphatic heterocycles. The van der Waals surface area contributed by atoms with Crippen LogP contribution < -0.4 is 5.32 Å². The van der Waals surface area contributed by atoms with Crippen molar-refractivity contribution in [2.24, 2.45) is 0 Å². The van der Waals surface area contributed by atoms with Crippen molar-refractivity contribution in [1.29, 1.82) is 0 Å². The molecule has 1 aliphatic carbocycles. The third-order valence-electron chi connectivity index (χ3n) is 4.43. The lowest BCUT2D eigenvalue weighted by atomic mass is 9.87. The Morgan fingerprint density at radius 1 is 1.19 bits per heavy atom. The van der Waals surface area contributed by atoms with Gasteiger partial charge in [-0.2, -0.15) is 0 Å². The lowest BCUT2D eigenvalue weighted by molar-refractivity contribution is 0.413. The Kier molecular flexibility index (Phi) is 4.46. The van der Waals surface area contributed by atoms with Crippen LogP contribution in [0.1, 0.15) is 41.6 Å². The normalized spacial score (nSPS) is 19.1. The molecule has 1 N–H and O–H groups in total. The molecule has 0 amide bonds. The zero-order chi connectivity index (χ0) is 14.8. The first-order chi connectivity index (χ1) is 10.1. The SMILES string of the molecule is Cc1cc(Br)c2c(c1)C[C@@H](N[C@@H](C)c1ccccc1)CC2. The molecule has 21 heavy (non-hydrogen) atoms. The van der Waals surface area contributed by atoms with Crippen LogP contribution in [-0.4, -0.2) is 6.04 Å². The standard InChI is InChI=1S/C19H22BrN/c1-13-10-16-12-17(8-9-18(16)19(20)11-13)21-14(2)15-6-4-3-5-7-15/h3-7,10-11,14,17,21H,8-9,12H2,1-2H3/t14-,17-/m0/s1. The minimum absolute atomic E-state index is 0.408. The number of benzene rings is 2. The second kappa shape index (κ2) is 6.33. The van der Waals surface area contributed by atoms with Crippen LogP contribution in [0, 0.1) is 6.92 Å². The molecule has 0 unspecified atom stereocenters. The van der Waals surface area contributed by atoms with Gasteiger partial charge in [0.2, 0.25) is 0 Å². The number of aryl methyl sites for hydroxylation is 1. The maximum absolute atomic E-state index is 3.80. The van der Waals surface area contributed by atoms with E-state index in [9.17, 15) is 0 Å². The van der Waals surface area contributed by atoms with Crippen molar-refractivity contribution in [2.45, 2.75) is 45.2 Å². The minimum Gasteiger partial charge on any atom is -0.307 e. The Morgan fingerprint density at radius 3 is 2.71 bits per heavy atom. The smallest absolute Gasteiger partial charge is 0.0294 e. The lowest BCUT2D eigenvalue weighted by Crippen LogP contribution is -2.36. The van der Waals surface area contributed by atoms with Gasteiger partial charge in [-0.05, 0) is 61.4 Å². The Bertz CT molecular complexity index is 621. The van der Waals surface area contributed by atoms with Crippen molar-refractivity contribution < 1.29 is 0 Å². The van der Waals surface area contributed by atoms with E-state index in [1.54, 1.807) is 0 Å². The highest BCUT2D eigenvalue weighted by Gasteiger charge is 2.22. The Morgan fingerprint density at radius 2 is 1.95 bits per heavy atom. The molecule has 3 rings (SSSR count). The van der Waals surface area contributed by atoms with Gasteiger partial charge < -0.3 is 5.32 Å². The Balaban J connectivity index is 1.72. The van der Waals surface area contributed by atoms with Gasteiger partial charge in [-0.15, -0.1) is 0 Å². The third-order valence-corrected chi connectivity index (χ3v) is 5.13. The van der Waals surface area contributed by atoms with Crippen molar-refractivity contribution in [3.63, 3.8) is 0 Å². The molecule has 0 bridgehead atoms. The summed E-state index contributed by atoms with van der Waals surface area (Å²) >= 11 is 3.72. The van der Waals surface area contributed by atoms with E-state index in [1.807, 2.05) is 0 Å². The summed E-state index contributed by atoms with van der Waals surface area (Å²) in [4.78, 5) is 0.